The van der Waals surface area contributed by atoms with Crippen LogP contribution < -0.4 is 0 Å². The highest BCUT2D eigenvalue weighted by molar-refractivity contribution is 5.29. The number of hydrogen-bond donors (Lipinski definition) is 0. The van der Waals surface area contributed by atoms with Crippen molar-refractivity contribution in [2.45, 2.75) is 31.8 Å². The zero-order chi connectivity index (χ0) is 14.5. The molecular formula is C19H20N2. The Morgan fingerprint density at radius 2 is 1.71 bits per heavy atom. The molecule has 2 nitrogen and oxygen atoms in total. The van der Waals surface area contributed by atoms with Crippen molar-refractivity contribution >= 4 is 0 Å². The van der Waals surface area contributed by atoms with E-state index < -0.39 is 0 Å². The number of nitrogens with zero attached hydrogens (tertiary/aromatic N) is 2. The molecule has 3 rings (SSSR count). The molecule has 0 saturated carbocycles. The summed E-state index contributed by atoms with van der Waals surface area (Å²) in [6.45, 7) is 1.99. The fourth-order valence-corrected chi connectivity index (χ4v) is 3.21. The maximum atomic E-state index is 9.22. The number of benzene rings is 2. The molecule has 1 heterocycles. The molecule has 0 aliphatic carbocycles. The van der Waals surface area contributed by atoms with E-state index in [1.54, 1.807) is 0 Å². The molecule has 0 saturated heterocycles. The lowest BCUT2D eigenvalue weighted by molar-refractivity contribution is 0.193. The number of aryl methyl sites for hydroxylation is 1. The van der Waals surface area contributed by atoms with E-state index in [-0.39, 0.29) is 6.04 Å². The summed E-state index contributed by atoms with van der Waals surface area (Å²) in [7, 11) is 0. The monoisotopic (exact) mass is 276 g/mol. The summed E-state index contributed by atoms with van der Waals surface area (Å²) >= 11 is 0. The summed E-state index contributed by atoms with van der Waals surface area (Å²) in [5, 5.41) is 9.22. The smallest absolute Gasteiger partial charge is 0.0641 e. The molecule has 0 N–H and O–H groups in total. The third-order valence-electron chi connectivity index (χ3n) is 4.29. The van der Waals surface area contributed by atoms with Crippen LogP contribution in [0.4, 0.5) is 0 Å². The third kappa shape index (κ3) is 3.15. The van der Waals surface area contributed by atoms with Crippen LogP contribution in [0, 0.1) is 11.3 Å². The maximum absolute atomic E-state index is 9.22. The van der Waals surface area contributed by atoms with Gasteiger partial charge in [-0.1, -0.05) is 54.6 Å². The Kier molecular flexibility index (Phi) is 4.33. The Bertz CT molecular complexity index is 628. The maximum Gasteiger partial charge on any atom is 0.0641 e. The molecule has 2 aromatic carbocycles. The van der Waals surface area contributed by atoms with Crippen LogP contribution in [0.2, 0.25) is 0 Å². The van der Waals surface area contributed by atoms with Crippen molar-refractivity contribution in [3.8, 4) is 6.07 Å². The van der Waals surface area contributed by atoms with Gasteiger partial charge in [0.2, 0.25) is 0 Å². The average molecular weight is 276 g/mol. The van der Waals surface area contributed by atoms with Gasteiger partial charge in [0, 0.05) is 12.6 Å². The molecule has 0 bridgehead atoms. The molecule has 2 aromatic rings. The molecule has 1 atom stereocenters. The highest BCUT2D eigenvalue weighted by atomic mass is 15.2. The molecule has 0 spiro atoms. The summed E-state index contributed by atoms with van der Waals surface area (Å²) in [6.07, 6.45) is 2.85. The highest BCUT2D eigenvalue weighted by Gasteiger charge is 2.23. The van der Waals surface area contributed by atoms with Crippen LogP contribution in [-0.2, 0) is 13.0 Å². The number of nitriles is 1. The molecule has 2 heteroatoms. The van der Waals surface area contributed by atoms with Crippen LogP contribution in [-0.4, -0.2) is 11.4 Å². The summed E-state index contributed by atoms with van der Waals surface area (Å²) in [4.78, 5) is 2.46. The molecule has 1 aliphatic rings. The Morgan fingerprint density at radius 3 is 2.48 bits per heavy atom. The first-order chi connectivity index (χ1) is 10.4. The SMILES string of the molecule is N#CCC(c1ccccc1)N1CCCc2ccccc2C1. The number of fused-ring (bicyclic) bond motifs is 1. The molecule has 1 unspecified atom stereocenters. The summed E-state index contributed by atoms with van der Waals surface area (Å²) in [5.74, 6) is 0. The molecule has 0 fully saturated rings. The fraction of sp³-hybridized carbons (Fsp3) is 0.316. The van der Waals surface area contributed by atoms with E-state index in [1.807, 2.05) is 6.07 Å². The Balaban J connectivity index is 1.88. The van der Waals surface area contributed by atoms with Gasteiger partial charge in [-0.2, -0.15) is 5.26 Å². The van der Waals surface area contributed by atoms with Crippen LogP contribution in [0.15, 0.2) is 54.6 Å². The van der Waals surface area contributed by atoms with Crippen molar-refractivity contribution in [3.05, 3.63) is 71.3 Å². The molecule has 21 heavy (non-hydrogen) atoms. The number of hydrogen-bond acceptors (Lipinski definition) is 2. The Hall–Kier alpha value is -2.11. The summed E-state index contributed by atoms with van der Waals surface area (Å²) in [6, 6.07) is 21.7. The summed E-state index contributed by atoms with van der Waals surface area (Å²) in [5.41, 5.74) is 4.12. The van der Waals surface area contributed by atoms with Gasteiger partial charge in [-0.15, -0.1) is 0 Å². The minimum Gasteiger partial charge on any atom is -0.291 e. The molecule has 0 radical (unpaired) electrons. The summed E-state index contributed by atoms with van der Waals surface area (Å²) < 4.78 is 0. The van der Waals surface area contributed by atoms with Crippen LogP contribution in [0.25, 0.3) is 0 Å². The quantitative estimate of drug-likeness (QED) is 0.844. The molecular weight excluding hydrogens is 256 g/mol. The van der Waals surface area contributed by atoms with Gasteiger partial charge in [0.15, 0.2) is 0 Å². The minimum absolute atomic E-state index is 0.197. The Morgan fingerprint density at radius 1 is 1.00 bits per heavy atom. The first kappa shape index (κ1) is 13.9. The topological polar surface area (TPSA) is 27.0 Å². The zero-order valence-corrected chi connectivity index (χ0v) is 12.2. The van der Waals surface area contributed by atoms with Crippen LogP contribution >= 0.6 is 0 Å². The van der Waals surface area contributed by atoms with E-state index >= 15 is 0 Å². The highest BCUT2D eigenvalue weighted by Crippen LogP contribution is 2.29. The van der Waals surface area contributed by atoms with Crippen molar-refractivity contribution in [2.75, 3.05) is 6.54 Å². The fourth-order valence-electron chi connectivity index (χ4n) is 3.21. The minimum atomic E-state index is 0.197. The number of rotatable bonds is 3. The van der Waals surface area contributed by atoms with Crippen molar-refractivity contribution < 1.29 is 0 Å². The van der Waals surface area contributed by atoms with Crippen molar-refractivity contribution in [3.63, 3.8) is 0 Å². The van der Waals surface area contributed by atoms with Gasteiger partial charge in [0.05, 0.1) is 12.5 Å². The van der Waals surface area contributed by atoms with Crippen molar-refractivity contribution in [1.82, 2.24) is 4.90 Å². The molecule has 0 amide bonds. The van der Waals surface area contributed by atoms with Gasteiger partial charge >= 0.3 is 0 Å². The second-order valence-electron chi connectivity index (χ2n) is 5.63. The van der Waals surface area contributed by atoms with Crippen molar-refractivity contribution in [2.24, 2.45) is 0 Å². The first-order valence-corrected chi connectivity index (χ1v) is 7.61. The predicted octanol–water partition coefficient (Wildman–Crippen LogP) is 4.09. The first-order valence-electron chi connectivity index (χ1n) is 7.61. The van der Waals surface area contributed by atoms with Gasteiger partial charge in [-0.25, -0.2) is 0 Å². The van der Waals surface area contributed by atoms with E-state index in [1.165, 1.54) is 16.7 Å². The predicted molar refractivity (Wildman–Crippen MR) is 84.6 cm³/mol. The zero-order valence-electron chi connectivity index (χ0n) is 12.2. The van der Waals surface area contributed by atoms with Gasteiger partial charge in [0.1, 0.15) is 0 Å². The normalized spacial score (nSPS) is 16.5. The average Bonchev–Trinajstić information content (AvgIpc) is 2.75. The molecule has 106 valence electrons. The van der Waals surface area contributed by atoms with Crippen LogP contribution in [0.5, 0.6) is 0 Å². The second kappa shape index (κ2) is 6.56. The van der Waals surface area contributed by atoms with Gasteiger partial charge in [0.25, 0.3) is 0 Å². The lowest BCUT2D eigenvalue weighted by Gasteiger charge is -2.29. The lowest BCUT2D eigenvalue weighted by atomic mass is 10.0. The van der Waals surface area contributed by atoms with E-state index in [0.29, 0.717) is 6.42 Å². The van der Waals surface area contributed by atoms with Crippen LogP contribution in [0.1, 0.15) is 35.6 Å². The van der Waals surface area contributed by atoms with E-state index in [9.17, 15) is 5.26 Å². The van der Waals surface area contributed by atoms with Crippen LogP contribution in [0.3, 0.4) is 0 Å². The van der Waals surface area contributed by atoms with Crippen molar-refractivity contribution in [1.29, 1.82) is 5.26 Å². The molecule has 0 aromatic heterocycles. The van der Waals surface area contributed by atoms with Gasteiger partial charge in [-0.3, -0.25) is 4.90 Å². The Labute approximate surface area is 126 Å². The van der Waals surface area contributed by atoms with E-state index in [4.69, 9.17) is 0 Å². The third-order valence-corrected chi connectivity index (χ3v) is 4.29. The van der Waals surface area contributed by atoms with E-state index in [2.05, 4.69) is 59.5 Å². The second-order valence-corrected chi connectivity index (χ2v) is 5.63. The lowest BCUT2D eigenvalue weighted by Crippen LogP contribution is -2.28. The van der Waals surface area contributed by atoms with Gasteiger partial charge < -0.3 is 0 Å². The largest absolute Gasteiger partial charge is 0.291 e. The van der Waals surface area contributed by atoms with E-state index in [0.717, 1.165) is 25.9 Å². The standard InChI is InChI=1S/C19H20N2/c20-13-12-19(17-8-2-1-3-9-17)21-14-6-11-16-7-4-5-10-18(16)15-21/h1-5,7-10,19H,6,11-12,14-15H2. The molecule has 1 aliphatic heterocycles. The van der Waals surface area contributed by atoms with Gasteiger partial charge in [-0.05, 0) is 36.1 Å².